The van der Waals surface area contributed by atoms with Crippen molar-refractivity contribution in [3.63, 3.8) is 0 Å². The van der Waals surface area contributed by atoms with Crippen LogP contribution in [-0.4, -0.2) is 13.4 Å². The average molecular weight is 439 g/mol. The van der Waals surface area contributed by atoms with E-state index in [-0.39, 0.29) is 6.54 Å². The number of thiophene rings is 1. The molecule has 0 aliphatic heterocycles. The van der Waals surface area contributed by atoms with Crippen molar-refractivity contribution in [2.45, 2.75) is 31.5 Å². The van der Waals surface area contributed by atoms with Crippen LogP contribution in [0.3, 0.4) is 0 Å². The van der Waals surface area contributed by atoms with Gasteiger partial charge in [0.2, 0.25) is 5.89 Å². The number of rotatable bonds is 6. The minimum Gasteiger partial charge on any atom is -0.441 e. The predicted octanol–water partition coefficient (Wildman–Crippen LogP) is 5.72. The van der Waals surface area contributed by atoms with Gasteiger partial charge in [-0.1, -0.05) is 42.0 Å². The molecule has 0 spiro atoms. The zero-order valence-corrected chi connectivity index (χ0v) is 18.6. The highest BCUT2D eigenvalue weighted by atomic mass is 32.2. The zero-order valence-electron chi connectivity index (χ0n) is 17.0. The van der Waals surface area contributed by atoms with Gasteiger partial charge in [-0.05, 0) is 56.0 Å². The maximum absolute atomic E-state index is 13.5. The number of hydrogen-bond acceptors (Lipinski definition) is 5. The number of benzene rings is 2. The maximum Gasteiger partial charge on any atom is 0.274 e. The van der Waals surface area contributed by atoms with E-state index in [0.717, 1.165) is 16.7 Å². The number of anilines is 1. The molecule has 0 saturated carbocycles. The third kappa shape index (κ3) is 3.91. The van der Waals surface area contributed by atoms with Gasteiger partial charge in [0.1, 0.15) is 15.7 Å². The lowest BCUT2D eigenvalue weighted by atomic mass is 10.1. The molecular weight excluding hydrogens is 416 g/mol. The van der Waals surface area contributed by atoms with Crippen LogP contribution in [0.15, 0.2) is 74.7 Å². The first kappa shape index (κ1) is 20.4. The van der Waals surface area contributed by atoms with Gasteiger partial charge in [-0.2, -0.15) is 0 Å². The van der Waals surface area contributed by atoms with Crippen molar-refractivity contribution in [2.75, 3.05) is 4.31 Å². The summed E-state index contributed by atoms with van der Waals surface area (Å²) < 4.78 is 34.5. The lowest BCUT2D eigenvalue weighted by Crippen LogP contribution is -2.31. The Labute approximate surface area is 180 Å². The lowest BCUT2D eigenvalue weighted by molar-refractivity contribution is 0.539. The largest absolute Gasteiger partial charge is 0.441 e. The highest BCUT2D eigenvalue weighted by Gasteiger charge is 2.29. The zero-order chi connectivity index (χ0) is 21.3. The molecule has 2 aromatic carbocycles. The van der Waals surface area contributed by atoms with Crippen molar-refractivity contribution in [1.29, 1.82) is 0 Å². The maximum atomic E-state index is 13.5. The Hall–Kier alpha value is -2.90. The van der Waals surface area contributed by atoms with E-state index in [1.807, 2.05) is 69.3 Å². The number of hydrogen-bond donors (Lipinski definition) is 0. The minimum atomic E-state index is -3.74. The van der Waals surface area contributed by atoms with Gasteiger partial charge in [-0.15, -0.1) is 11.3 Å². The van der Waals surface area contributed by atoms with Crippen LogP contribution in [0.1, 0.15) is 22.6 Å². The van der Waals surface area contributed by atoms with E-state index < -0.39 is 10.0 Å². The number of sulfonamides is 1. The summed E-state index contributed by atoms with van der Waals surface area (Å²) in [6.07, 6.45) is 0. The van der Waals surface area contributed by atoms with Crippen LogP contribution in [0.2, 0.25) is 0 Å². The summed E-state index contributed by atoms with van der Waals surface area (Å²) in [4.78, 5) is 4.64. The second kappa shape index (κ2) is 8.08. The smallest absolute Gasteiger partial charge is 0.274 e. The molecule has 2 heterocycles. The van der Waals surface area contributed by atoms with Crippen LogP contribution >= 0.6 is 11.3 Å². The van der Waals surface area contributed by atoms with Crippen molar-refractivity contribution in [2.24, 2.45) is 0 Å². The monoisotopic (exact) mass is 438 g/mol. The Kier molecular flexibility index (Phi) is 5.49. The van der Waals surface area contributed by atoms with Crippen LogP contribution in [0.4, 0.5) is 5.69 Å². The highest BCUT2D eigenvalue weighted by molar-refractivity contribution is 7.94. The summed E-state index contributed by atoms with van der Waals surface area (Å²) in [5.41, 5.74) is 4.07. The molecule has 4 aromatic rings. The molecule has 0 N–H and O–H groups in total. The third-order valence-corrected chi connectivity index (χ3v) is 8.01. The lowest BCUT2D eigenvalue weighted by Gasteiger charge is -2.24. The first-order chi connectivity index (χ1) is 14.4. The molecule has 0 fully saturated rings. The number of oxazole rings is 1. The van der Waals surface area contributed by atoms with Gasteiger partial charge >= 0.3 is 0 Å². The second-order valence-electron chi connectivity index (χ2n) is 7.12. The van der Waals surface area contributed by atoms with E-state index in [4.69, 9.17) is 4.42 Å². The summed E-state index contributed by atoms with van der Waals surface area (Å²) in [5.74, 6) is 1.09. The van der Waals surface area contributed by atoms with E-state index in [9.17, 15) is 8.42 Å². The number of aromatic nitrogens is 1. The summed E-state index contributed by atoms with van der Waals surface area (Å²) in [7, 11) is -3.74. The molecule has 0 radical (unpaired) electrons. The van der Waals surface area contributed by atoms with E-state index in [1.54, 1.807) is 17.5 Å². The summed E-state index contributed by atoms with van der Waals surface area (Å²) in [5, 5.41) is 1.76. The average Bonchev–Trinajstić information content (AvgIpc) is 3.37. The van der Waals surface area contributed by atoms with Gasteiger partial charge in [0.15, 0.2) is 0 Å². The van der Waals surface area contributed by atoms with Crippen LogP contribution < -0.4 is 4.31 Å². The highest BCUT2D eigenvalue weighted by Crippen LogP contribution is 2.32. The van der Waals surface area contributed by atoms with Gasteiger partial charge in [0, 0.05) is 5.56 Å². The van der Waals surface area contributed by atoms with Gasteiger partial charge < -0.3 is 4.42 Å². The molecule has 0 amide bonds. The molecule has 0 atom stereocenters. The molecule has 0 saturated heterocycles. The van der Waals surface area contributed by atoms with E-state index in [1.165, 1.54) is 15.6 Å². The Morgan fingerprint density at radius 3 is 2.50 bits per heavy atom. The van der Waals surface area contributed by atoms with Crippen molar-refractivity contribution < 1.29 is 12.8 Å². The fraction of sp³-hybridized carbons (Fsp3) is 0.174. The molecule has 154 valence electrons. The molecule has 2 aromatic heterocycles. The summed E-state index contributed by atoms with van der Waals surface area (Å²) >= 11 is 1.20. The summed E-state index contributed by atoms with van der Waals surface area (Å²) in [6, 6.07) is 18.7. The fourth-order valence-electron chi connectivity index (χ4n) is 3.27. The molecule has 7 heteroatoms. The third-order valence-electron chi connectivity index (χ3n) is 4.87. The summed E-state index contributed by atoms with van der Waals surface area (Å²) in [6.45, 7) is 5.81. The van der Waals surface area contributed by atoms with Gasteiger partial charge in [-0.3, -0.25) is 4.31 Å². The minimum absolute atomic E-state index is 0.0895. The SMILES string of the molecule is Cc1cccc(-c2nc(CN(c3ccccc3C)S(=O)(=O)c3cccs3)c(C)o2)c1. The van der Waals surface area contributed by atoms with Crippen molar-refractivity contribution in [3.8, 4) is 11.5 Å². The molecular formula is C23H22N2O3S2. The van der Waals surface area contributed by atoms with Crippen LogP contribution in [0.5, 0.6) is 0 Å². The first-order valence-electron chi connectivity index (χ1n) is 9.51. The number of nitrogens with zero attached hydrogens (tertiary/aromatic N) is 2. The first-order valence-corrected chi connectivity index (χ1v) is 11.8. The van der Waals surface area contributed by atoms with Crippen molar-refractivity contribution in [1.82, 2.24) is 4.98 Å². The Bertz CT molecular complexity index is 1280. The molecule has 0 bridgehead atoms. The molecule has 4 rings (SSSR count). The quantitative estimate of drug-likeness (QED) is 0.386. The molecule has 0 unspecified atom stereocenters. The van der Waals surface area contributed by atoms with Crippen LogP contribution in [-0.2, 0) is 16.6 Å². The fourth-order valence-corrected chi connectivity index (χ4v) is 5.87. The normalized spacial score (nSPS) is 11.6. The Balaban J connectivity index is 1.78. The van der Waals surface area contributed by atoms with Crippen LogP contribution in [0.25, 0.3) is 11.5 Å². The standard InChI is InChI=1S/C23H22N2O3S2/c1-16-8-6-10-19(14-16)23-24-20(18(3)28-23)15-25(21-11-5-4-9-17(21)2)30(26,27)22-12-7-13-29-22/h4-14H,15H2,1-3H3. The molecule has 0 aliphatic rings. The Morgan fingerprint density at radius 1 is 1.00 bits per heavy atom. The number of para-hydroxylation sites is 1. The topological polar surface area (TPSA) is 63.4 Å². The molecule has 0 aliphatic carbocycles. The van der Waals surface area contributed by atoms with Crippen molar-refractivity contribution in [3.05, 3.63) is 88.6 Å². The van der Waals surface area contributed by atoms with E-state index in [0.29, 0.717) is 27.2 Å². The van der Waals surface area contributed by atoms with Crippen LogP contribution in [0, 0.1) is 20.8 Å². The number of aryl methyl sites for hydroxylation is 3. The molecule has 30 heavy (non-hydrogen) atoms. The predicted molar refractivity (Wildman–Crippen MR) is 120 cm³/mol. The van der Waals surface area contributed by atoms with Crippen molar-refractivity contribution >= 4 is 27.0 Å². The second-order valence-corrected chi connectivity index (χ2v) is 10.2. The van der Waals surface area contributed by atoms with E-state index >= 15 is 0 Å². The van der Waals surface area contributed by atoms with Gasteiger partial charge in [-0.25, -0.2) is 13.4 Å². The molecule has 5 nitrogen and oxygen atoms in total. The van der Waals surface area contributed by atoms with Gasteiger partial charge in [0.25, 0.3) is 10.0 Å². The van der Waals surface area contributed by atoms with E-state index in [2.05, 4.69) is 4.98 Å². The van der Waals surface area contributed by atoms with Gasteiger partial charge in [0.05, 0.1) is 12.2 Å². The Morgan fingerprint density at radius 2 is 1.80 bits per heavy atom.